The number of hydrogen-bond donors (Lipinski definition) is 1. The summed E-state index contributed by atoms with van der Waals surface area (Å²) < 4.78 is 35.9. The first-order valence-electron chi connectivity index (χ1n) is 5.11. The van der Waals surface area contributed by atoms with Crippen LogP contribution in [-0.2, 0) is 0 Å². The third-order valence-corrected chi connectivity index (χ3v) is 3.23. The number of thiocarbonyl (C=S) groups is 1. The number of halogens is 3. The predicted octanol–water partition coefficient (Wildman–Crippen LogP) is 3.01. The SMILES string of the molecule is CN(CCSC(F)(F)F)c1ccc(C(N)=S)cc1. The first kappa shape index (κ1) is 15.1. The molecule has 18 heavy (non-hydrogen) atoms. The lowest BCUT2D eigenvalue weighted by molar-refractivity contribution is -0.0327. The highest BCUT2D eigenvalue weighted by Gasteiger charge is 2.27. The maximum Gasteiger partial charge on any atom is 0.441 e. The molecule has 2 N–H and O–H groups in total. The average molecular weight is 294 g/mol. The number of hydrogen-bond acceptors (Lipinski definition) is 3. The van der Waals surface area contributed by atoms with E-state index in [4.69, 9.17) is 18.0 Å². The minimum atomic E-state index is -4.17. The Morgan fingerprint density at radius 1 is 1.33 bits per heavy atom. The van der Waals surface area contributed by atoms with E-state index in [1.807, 2.05) is 0 Å². The van der Waals surface area contributed by atoms with Crippen LogP contribution < -0.4 is 10.6 Å². The van der Waals surface area contributed by atoms with Gasteiger partial charge in [0.05, 0.1) is 0 Å². The van der Waals surface area contributed by atoms with E-state index >= 15 is 0 Å². The van der Waals surface area contributed by atoms with Crippen molar-refractivity contribution in [2.45, 2.75) is 5.51 Å². The monoisotopic (exact) mass is 294 g/mol. The van der Waals surface area contributed by atoms with E-state index < -0.39 is 5.51 Å². The van der Waals surface area contributed by atoms with Gasteiger partial charge in [-0.3, -0.25) is 0 Å². The van der Waals surface area contributed by atoms with E-state index in [1.165, 1.54) is 0 Å². The van der Waals surface area contributed by atoms with E-state index in [-0.39, 0.29) is 17.5 Å². The van der Waals surface area contributed by atoms with Crippen LogP contribution in [-0.4, -0.2) is 29.8 Å². The van der Waals surface area contributed by atoms with Crippen molar-refractivity contribution in [3.63, 3.8) is 0 Å². The van der Waals surface area contributed by atoms with Gasteiger partial charge in [-0.25, -0.2) is 0 Å². The lowest BCUT2D eigenvalue weighted by Crippen LogP contribution is -2.21. The second-order valence-electron chi connectivity index (χ2n) is 3.63. The molecule has 0 aliphatic carbocycles. The Kier molecular flexibility index (Phi) is 5.28. The van der Waals surface area contributed by atoms with Crippen LogP contribution in [0.3, 0.4) is 0 Å². The van der Waals surface area contributed by atoms with Gasteiger partial charge in [0.1, 0.15) is 4.99 Å². The third-order valence-electron chi connectivity index (χ3n) is 2.29. The zero-order chi connectivity index (χ0) is 13.8. The summed E-state index contributed by atoms with van der Waals surface area (Å²) in [7, 11) is 1.74. The van der Waals surface area contributed by atoms with Gasteiger partial charge < -0.3 is 10.6 Å². The summed E-state index contributed by atoms with van der Waals surface area (Å²) in [4.78, 5) is 2.05. The topological polar surface area (TPSA) is 29.3 Å². The Labute approximate surface area is 113 Å². The number of benzene rings is 1. The van der Waals surface area contributed by atoms with Gasteiger partial charge >= 0.3 is 5.51 Å². The number of nitrogens with two attached hydrogens (primary N) is 1. The van der Waals surface area contributed by atoms with Crippen LogP contribution in [0, 0.1) is 0 Å². The average Bonchev–Trinajstić information content (AvgIpc) is 2.27. The van der Waals surface area contributed by atoms with Crippen LogP contribution >= 0.6 is 24.0 Å². The van der Waals surface area contributed by atoms with Crippen molar-refractivity contribution in [1.29, 1.82) is 0 Å². The largest absolute Gasteiger partial charge is 0.441 e. The van der Waals surface area contributed by atoms with Crippen molar-refractivity contribution >= 4 is 34.7 Å². The second-order valence-corrected chi connectivity index (χ2v) is 5.23. The molecule has 1 aromatic rings. The number of rotatable bonds is 5. The van der Waals surface area contributed by atoms with Crippen molar-refractivity contribution < 1.29 is 13.2 Å². The van der Waals surface area contributed by atoms with Crippen LogP contribution in [0.1, 0.15) is 5.56 Å². The third kappa shape index (κ3) is 5.14. The highest BCUT2D eigenvalue weighted by Crippen LogP contribution is 2.30. The Hall–Kier alpha value is -0.950. The molecule has 7 heteroatoms. The predicted molar refractivity (Wildman–Crippen MR) is 74.1 cm³/mol. The van der Waals surface area contributed by atoms with Crippen molar-refractivity contribution in [3.8, 4) is 0 Å². The van der Waals surface area contributed by atoms with Crippen LogP contribution in [0.5, 0.6) is 0 Å². The minimum Gasteiger partial charge on any atom is -0.389 e. The van der Waals surface area contributed by atoms with E-state index in [1.54, 1.807) is 36.2 Å². The Morgan fingerprint density at radius 3 is 2.33 bits per heavy atom. The summed E-state index contributed by atoms with van der Waals surface area (Å²) in [5, 5.41) is 0. The molecule has 0 saturated carbocycles. The van der Waals surface area contributed by atoms with Gasteiger partial charge in [0.15, 0.2) is 0 Å². The van der Waals surface area contributed by atoms with Gasteiger partial charge in [0.2, 0.25) is 0 Å². The smallest absolute Gasteiger partial charge is 0.389 e. The molecular weight excluding hydrogens is 281 g/mol. The van der Waals surface area contributed by atoms with E-state index in [0.717, 1.165) is 11.3 Å². The fourth-order valence-electron chi connectivity index (χ4n) is 1.31. The van der Waals surface area contributed by atoms with Crippen molar-refractivity contribution in [1.82, 2.24) is 0 Å². The zero-order valence-corrected chi connectivity index (χ0v) is 11.3. The molecule has 1 rings (SSSR count). The molecule has 0 fully saturated rings. The molecule has 0 aromatic heterocycles. The molecule has 0 aliphatic rings. The van der Waals surface area contributed by atoms with Crippen molar-refractivity contribution in [2.75, 3.05) is 24.2 Å². The molecule has 0 spiro atoms. The second kappa shape index (κ2) is 6.29. The molecule has 0 atom stereocenters. The van der Waals surface area contributed by atoms with Crippen molar-refractivity contribution in [2.24, 2.45) is 5.73 Å². The highest BCUT2D eigenvalue weighted by atomic mass is 32.2. The molecule has 0 bridgehead atoms. The molecule has 1 aromatic carbocycles. The van der Waals surface area contributed by atoms with E-state index in [9.17, 15) is 13.2 Å². The van der Waals surface area contributed by atoms with Crippen LogP contribution in [0.25, 0.3) is 0 Å². The van der Waals surface area contributed by atoms with E-state index in [0.29, 0.717) is 11.5 Å². The number of thioether (sulfide) groups is 1. The van der Waals surface area contributed by atoms with Crippen LogP contribution in [0.2, 0.25) is 0 Å². The molecule has 100 valence electrons. The van der Waals surface area contributed by atoms with Gasteiger partial charge in [-0.15, -0.1) is 0 Å². The summed E-state index contributed by atoms with van der Waals surface area (Å²) >= 11 is 4.80. The Morgan fingerprint density at radius 2 is 1.89 bits per heavy atom. The van der Waals surface area contributed by atoms with Crippen LogP contribution in [0.15, 0.2) is 24.3 Å². The minimum absolute atomic E-state index is 0.00292. The molecule has 0 unspecified atom stereocenters. The molecule has 0 saturated heterocycles. The fraction of sp³-hybridized carbons (Fsp3) is 0.364. The maximum atomic E-state index is 12.0. The summed E-state index contributed by atoms with van der Waals surface area (Å²) in [6, 6.07) is 7.08. The number of alkyl halides is 3. The first-order valence-corrected chi connectivity index (χ1v) is 6.50. The molecule has 0 heterocycles. The lowest BCUT2D eigenvalue weighted by atomic mass is 10.2. The molecule has 0 aliphatic heterocycles. The maximum absolute atomic E-state index is 12.0. The number of nitrogens with zero attached hydrogens (tertiary/aromatic N) is 1. The lowest BCUT2D eigenvalue weighted by Gasteiger charge is -2.19. The summed E-state index contributed by atoms with van der Waals surface area (Å²) in [5.74, 6) is -0.00292. The summed E-state index contributed by atoms with van der Waals surface area (Å²) in [6.45, 7) is 0.316. The van der Waals surface area contributed by atoms with E-state index in [2.05, 4.69) is 0 Å². The molecule has 0 amide bonds. The summed E-state index contributed by atoms with van der Waals surface area (Å²) in [6.07, 6.45) is 0. The normalized spacial score (nSPS) is 11.3. The molecule has 0 radical (unpaired) electrons. The van der Waals surface area contributed by atoms with Gasteiger partial charge in [0, 0.05) is 30.6 Å². The Bertz CT molecular complexity index is 404. The van der Waals surface area contributed by atoms with Crippen molar-refractivity contribution in [3.05, 3.63) is 29.8 Å². The molecule has 2 nitrogen and oxygen atoms in total. The zero-order valence-electron chi connectivity index (χ0n) is 9.70. The first-order chi connectivity index (χ1) is 8.29. The Balaban J connectivity index is 2.51. The molecular formula is C11H13F3N2S2. The fourth-order valence-corrected chi connectivity index (χ4v) is 2.04. The van der Waals surface area contributed by atoms with Gasteiger partial charge in [0.25, 0.3) is 0 Å². The standard InChI is InChI=1S/C11H13F3N2S2/c1-16(6-7-18-11(12,13)14)9-4-2-8(3-5-9)10(15)17/h2-5H,6-7H2,1H3,(H2,15,17). The van der Waals surface area contributed by atoms with Gasteiger partial charge in [-0.05, 0) is 36.0 Å². The highest BCUT2D eigenvalue weighted by molar-refractivity contribution is 8.00. The van der Waals surface area contributed by atoms with Gasteiger partial charge in [-0.1, -0.05) is 12.2 Å². The number of anilines is 1. The van der Waals surface area contributed by atoms with Crippen LogP contribution in [0.4, 0.5) is 18.9 Å². The quantitative estimate of drug-likeness (QED) is 0.845. The van der Waals surface area contributed by atoms with Gasteiger partial charge in [-0.2, -0.15) is 13.2 Å². The summed E-state index contributed by atoms with van der Waals surface area (Å²) in [5.41, 5.74) is 2.86.